The van der Waals surface area contributed by atoms with Crippen LogP contribution < -0.4 is 10.2 Å². The molecule has 0 saturated carbocycles. The van der Waals surface area contributed by atoms with Crippen molar-refractivity contribution in [2.45, 2.75) is 44.7 Å². The monoisotopic (exact) mass is 264 g/mol. The zero-order valence-corrected chi connectivity index (χ0v) is 11.7. The fourth-order valence-corrected chi connectivity index (χ4v) is 4.02. The van der Waals surface area contributed by atoms with E-state index in [0.717, 1.165) is 13.1 Å². The third-order valence-electron chi connectivity index (χ3n) is 4.74. The van der Waals surface area contributed by atoms with E-state index < -0.39 is 0 Å². The van der Waals surface area contributed by atoms with Gasteiger partial charge in [0.2, 0.25) is 0 Å². The van der Waals surface area contributed by atoms with Gasteiger partial charge in [0.25, 0.3) is 0 Å². The minimum atomic E-state index is 0. The van der Waals surface area contributed by atoms with Crippen molar-refractivity contribution in [3.8, 4) is 0 Å². The van der Waals surface area contributed by atoms with Crippen LogP contribution in [0.5, 0.6) is 0 Å². The van der Waals surface area contributed by atoms with Crippen LogP contribution in [0.4, 0.5) is 5.69 Å². The predicted octanol–water partition coefficient (Wildman–Crippen LogP) is 2.32. The molecule has 0 spiro atoms. The number of halogens is 1. The van der Waals surface area contributed by atoms with Gasteiger partial charge in [-0.1, -0.05) is 12.1 Å². The first kappa shape index (κ1) is 12.3. The third kappa shape index (κ3) is 1.59. The second-order valence-corrected chi connectivity index (χ2v) is 5.84. The molecule has 1 fully saturated rings. The smallest absolute Gasteiger partial charge is 0.0459 e. The molecule has 0 radical (unpaired) electrons. The Balaban J connectivity index is 0.000001000. The Morgan fingerprint density at radius 2 is 2.00 bits per heavy atom. The quantitative estimate of drug-likeness (QED) is 0.774. The van der Waals surface area contributed by atoms with Gasteiger partial charge in [-0.3, -0.25) is 0 Å². The number of rotatable bonds is 0. The van der Waals surface area contributed by atoms with Crippen molar-refractivity contribution >= 4 is 18.1 Å². The molecule has 4 rings (SSSR count). The zero-order chi connectivity index (χ0) is 11.4. The number of anilines is 1. The number of nitrogens with zero attached hydrogens (tertiary/aromatic N) is 1. The number of benzene rings is 1. The van der Waals surface area contributed by atoms with Crippen molar-refractivity contribution in [1.82, 2.24) is 5.32 Å². The molecule has 2 unspecified atom stereocenters. The number of hydrogen-bond donors (Lipinski definition) is 1. The molecule has 3 heteroatoms. The van der Waals surface area contributed by atoms with Crippen LogP contribution in [0.3, 0.4) is 0 Å². The molecular formula is C15H21ClN2. The van der Waals surface area contributed by atoms with E-state index in [0.29, 0.717) is 12.1 Å². The number of aryl methyl sites for hydroxylation is 1. The molecule has 18 heavy (non-hydrogen) atoms. The first-order chi connectivity index (χ1) is 8.34. The van der Waals surface area contributed by atoms with Crippen LogP contribution in [0.15, 0.2) is 12.1 Å². The van der Waals surface area contributed by atoms with Crippen molar-refractivity contribution in [3.63, 3.8) is 0 Å². The summed E-state index contributed by atoms with van der Waals surface area (Å²) in [7, 11) is 0. The van der Waals surface area contributed by atoms with Gasteiger partial charge in [0, 0.05) is 30.9 Å². The Bertz CT molecular complexity index is 472. The molecule has 2 atom stereocenters. The Hall–Kier alpha value is -0.730. The lowest BCUT2D eigenvalue weighted by Crippen LogP contribution is -2.55. The summed E-state index contributed by atoms with van der Waals surface area (Å²) >= 11 is 0. The summed E-state index contributed by atoms with van der Waals surface area (Å²) in [5, 5.41) is 3.57. The molecule has 2 nitrogen and oxygen atoms in total. The highest BCUT2D eigenvalue weighted by Gasteiger charge is 2.37. The SMILES string of the molecule is CC1CNCC2Cc3ccc4c(c3N12)CCC4.Cl. The number of nitrogens with one attached hydrogen (secondary N) is 1. The molecule has 0 amide bonds. The van der Waals surface area contributed by atoms with Gasteiger partial charge < -0.3 is 10.2 Å². The summed E-state index contributed by atoms with van der Waals surface area (Å²) in [6.45, 7) is 4.66. The van der Waals surface area contributed by atoms with Crippen LogP contribution in [0.1, 0.15) is 30.0 Å². The lowest BCUT2D eigenvalue weighted by Gasteiger charge is -2.39. The van der Waals surface area contributed by atoms with Crippen LogP contribution in [-0.4, -0.2) is 25.2 Å². The van der Waals surface area contributed by atoms with E-state index in [1.807, 2.05) is 0 Å². The van der Waals surface area contributed by atoms with Crippen molar-refractivity contribution in [2.75, 3.05) is 18.0 Å². The van der Waals surface area contributed by atoms with Gasteiger partial charge in [0.05, 0.1) is 0 Å². The Morgan fingerprint density at radius 1 is 1.17 bits per heavy atom. The fraction of sp³-hybridized carbons (Fsp3) is 0.600. The van der Waals surface area contributed by atoms with E-state index in [1.165, 1.54) is 25.7 Å². The van der Waals surface area contributed by atoms with Crippen molar-refractivity contribution < 1.29 is 0 Å². The number of piperazine rings is 1. The standard InChI is InChI=1S/C15H20N2.ClH/c1-10-8-16-9-13-7-12-6-5-11-3-2-4-14(11)15(12)17(10)13;/h5-6,10,13,16H,2-4,7-9H2,1H3;1H. The summed E-state index contributed by atoms with van der Waals surface area (Å²) in [6.07, 6.45) is 5.21. The highest BCUT2D eigenvalue weighted by Crippen LogP contribution is 2.42. The van der Waals surface area contributed by atoms with Gasteiger partial charge in [-0.25, -0.2) is 0 Å². The largest absolute Gasteiger partial charge is 0.362 e. The molecule has 3 aliphatic rings. The summed E-state index contributed by atoms with van der Waals surface area (Å²) in [4.78, 5) is 2.72. The van der Waals surface area contributed by atoms with E-state index in [9.17, 15) is 0 Å². The first-order valence-corrected chi connectivity index (χ1v) is 6.97. The lowest BCUT2D eigenvalue weighted by molar-refractivity contribution is 0.429. The molecule has 1 aliphatic carbocycles. The highest BCUT2D eigenvalue weighted by atomic mass is 35.5. The first-order valence-electron chi connectivity index (χ1n) is 6.97. The van der Waals surface area contributed by atoms with Gasteiger partial charge in [-0.05, 0) is 49.3 Å². The molecule has 1 aromatic rings. The summed E-state index contributed by atoms with van der Waals surface area (Å²) in [6, 6.07) is 6.14. The Kier molecular flexibility index (Phi) is 3.03. The van der Waals surface area contributed by atoms with Gasteiger partial charge >= 0.3 is 0 Å². The molecule has 0 bridgehead atoms. The van der Waals surface area contributed by atoms with Crippen LogP contribution >= 0.6 is 12.4 Å². The van der Waals surface area contributed by atoms with Gasteiger partial charge in [0.1, 0.15) is 0 Å². The maximum absolute atomic E-state index is 3.57. The van der Waals surface area contributed by atoms with Crippen LogP contribution in [0, 0.1) is 0 Å². The molecule has 1 N–H and O–H groups in total. The predicted molar refractivity (Wildman–Crippen MR) is 78.0 cm³/mol. The zero-order valence-electron chi connectivity index (χ0n) is 10.9. The third-order valence-corrected chi connectivity index (χ3v) is 4.74. The van der Waals surface area contributed by atoms with E-state index in [4.69, 9.17) is 0 Å². The highest BCUT2D eigenvalue weighted by molar-refractivity contribution is 5.85. The Morgan fingerprint density at radius 3 is 2.89 bits per heavy atom. The molecule has 1 saturated heterocycles. The summed E-state index contributed by atoms with van der Waals surface area (Å²) in [5.74, 6) is 0. The van der Waals surface area contributed by atoms with Gasteiger partial charge in [-0.15, -0.1) is 12.4 Å². The van der Waals surface area contributed by atoms with Crippen molar-refractivity contribution in [2.24, 2.45) is 0 Å². The summed E-state index contributed by atoms with van der Waals surface area (Å²) < 4.78 is 0. The van der Waals surface area contributed by atoms with Crippen molar-refractivity contribution in [1.29, 1.82) is 0 Å². The lowest BCUT2D eigenvalue weighted by atomic mass is 10.0. The van der Waals surface area contributed by atoms with E-state index in [-0.39, 0.29) is 12.4 Å². The molecular weight excluding hydrogens is 244 g/mol. The maximum Gasteiger partial charge on any atom is 0.0459 e. The average molecular weight is 265 g/mol. The van der Waals surface area contributed by atoms with Gasteiger partial charge in [0.15, 0.2) is 0 Å². The Labute approximate surface area is 115 Å². The van der Waals surface area contributed by atoms with E-state index >= 15 is 0 Å². The number of hydrogen-bond acceptors (Lipinski definition) is 2. The van der Waals surface area contributed by atoms with Crippen LogP contribution in [0.2, 0.25) is 0 Å². The molecule has 2 aliphatic heterocycles. The van der Waals surface area contributed by atoms with Gasteiger partial charge in [-0.2, -0.15) is 0 Å². The summed E-state index contributed by atoms with van der Waals surface area (Å²) in [5.41, 5.74) is 6.53. The van der Waals surface area contributed by atoms with Crippen molar-refractivity contribution in [3.05, 3.63) is 28.8 Å². The maximum atomic E-state index is 3.57. The topological polar surface area (TPSA) is 15.3 Å². The molecule has 0 aromatic heterocycles. The number of fused-ring (bicyclic) bond motifs is 5. The van der Waals surface area contributed by atoms with E-state index in [2.05, 4.69) is 29.3 Å². The second-order valence-electron chi connectivity index (χ2n) is 5.84. The van der Waals surface area contributed by atoms with E-state index in [1.54, 1.807) is 22.4 Å². The second kappa shape index (κ2) is 4.43. The minimum Gasteiger partial charge on any atom is -0.362 e. The van der Waals surface area contributed by atoms with Crippen LogP contribution in [-0.2, 0) is 19.3 Å². The fourth-order valence-electron chi connectivity index (χ4n) is 4.02. The average Bonchev–Trinajstić information content (AvgIpc) is 2.91. The molecule has 98 valence electrons. The molecule has 2 heterocycles. The van der Waals surface area contributed by atoms with Crippen LogP contribution in [0.25, 0.3) is 0 Å². The minimum absolute atomic E-state index is 0. The molecule has 1 aromatic carbocycles. The normalized spacial score (nSPS) is 28.4.